The first-order chi connectivity index (χ1) is 13.6. The van der Waals surface area contributed by atoms with E-state index in [1.165, 1.54) is 5.56 Å². The molecule has 29 heavy (non-hydrogen) atoms. The molecule has 0 radical (unpaired) electrons. The molecule has 1 atom stereocenters. The third-order valence-corrected chi connectivity index (χ3v) is 6.34. The van der Waals surface area contributed by atoms with Crippen LogP contribution in [0.3, 0.4) is 0 Å². The van der Waals surface area contributed by atoms with Gasteiger partial charge >= 0.3 is 6.03 Å². The summed E-state index contributed by atoms with van der Waals surface area (Å²) in [7, 11) is 0. The van der Waals surface area contributed by atoms with Crippen LogP contribution in [-0.2, 0) is 10.2 Å². The normalized spacial score (nSPS) is 26.0. The quantitative estimate of drug-likeness (QED) is 0.713. The van der Waals surface area contributed by atoms with E-state index in [9.17, 15) is 14.7 Å². The van der Waals surface area contributed by atoms with Crippen LogP contribution in [0.2, 0.25) is 0 Å². The highest BCUT2D eigenvalue weighted by atomic mass is 16.5. The number of imide groups is 1. The molecule has 6 nitrogen and oxygen atoms in total. The van der Waals surface area contributed by atoms with E-state index in [-0.39, 0.29) is 24.5 Å². The Morgan fingerprint density at radius 3 is 2.38 bits per heavy atom. The van der Waals surface area contributed by atoms with Crippen molar-refractivity contribution < 1.29 is 19.4 Å². The maximum absolute atomic E-state index is 12.9. The predicted octanol–water partition coefficient (Wildman–Crippen LogP) is 3.61. The Balaban J connectivity index is 1.53. The fourth-order valence-corrected chi connectivity index (χ4v) is 4.27. The molecule has 1 aromatic rings. The smallest absolute Gasteiger partial charge is 0.325 e. The van der Waals surface area contributed by atoms with Crippen LogP contribution in [0.25, 0.3) is 0 Å². The first kappa shape index (κ1) is 21.6. The first-order valence-electron chi connectivity index (χ1n) is 10.7. The fourth-order valence-electron chi connectivity index (χ4n) is 4.27. The number of hydrogen-bond donors (Lipinski definition) is 2. The number of carbonyl (C=O) groups excluding carboxylic acids is 2. The summed E-state index contributed by atoms with van der Waals surface area (Å²) in [5.41, 5.74) is 0.493. The van der Waals surface area contributed by atoms with Crippen molar-refractivity contribution >= 4 is 11.9 Å². The Hall–Kier alpha value is -2.08. The molecule has 1 saturated heterocycles. The number of nitrogens with zero attached hydrogens (tertiary/aromatic N) is 1. The molecule has 2 aliphatic rings. The highest BCUT2D eigenvalue weighted by molar-refractivity contribution is 6.07. The second kappa shape index (κ2) is 8.34. The second-order valence-corrected chi connectivity index (χ2v) is 9.52. The zero-order chi connectivity index (χ0) is 21.2. The molecule has 1 aromatic carbocycles. The van der Waals surface area contributed by atoms with Crippen molar-refractivity contribution in [2.45, 2.75) is 76.9 Å². The molecular weight excluding hydrogens is 368 g/mol. The molecule has 2 fully saturated rings. The lowest BCUT2D eigenvalue weighted by Gasteiger charge is -2.34. The van der Waals surface area contributed by atoms with Gasteiger partial charge < -0.3 is 15.2 Å². The van der Waals surface area contributed by atoms with Crippen LogP contribution in [0, 0.1) is 5.92 Å². The minimum absolute atomic E-state index is 0.0246. The fraction of sp³-hybridized carbons (Fsp3) is 0.652. The minimum atomic E-state index is -0.936. The van der Waals surface area contributed by atoms with Gasteiger partial charge in [-0.3, -0.25) is 9.69 Å². The summed E-state index contributed by atoms with van der Waals surface area (Å²) in [6.07, 6.45) is 3.43. The summed E-state index contributed by atoms with van der Waals surface area (Å²) >= 11 is 0. The van der Waals surface area contributed by atoms with E-state index in [0.717, 1.165) is 24.2 Å². The SMILES string of the molecule is CCC1CCC2(CC1)NC(=O)N(CC(O)COc1ccc(C(C)(C)C)cc1)C2=O. The second-order valence-electron chi connectivity index (χ2n) is 9.52. The van der Waals surface area contributed by atoms with Crippen LogP contribution in [0.15, 0.2) is 24.3 Å². The van der Waals surface area contributed by atoms with Crippen LogP contribution in [-0.4, -0.2) is 46.7 Å². The molecule has 6 heteroatoms. The highest BCUT2D eigenvalue weighted by Gasteiger charge is 2.52. The maximum Gasteiger partial charge on any atom is 0.325 e. The monoisotopic (exact) mass is 402 g/mol. The van der Waals surface area contributed by atoms with Crippen molar-refractivity contribution in [2.24, 2.45) is 5.92 Å². The molecule has 1 aliphatic carbocycles. The molecule has 160 valence electrons. The highest BCUT2D eigenvalue weighted by Crippen LogP contribution is 2.37. The van der Waals surface area contributed by atoms with Gasteiger partial charge in [-0.1, -0.05) is 46.2 Å². The summed E-state index contributed by atoms with van der Waals surface area (Å²) in [5.74, 6) is 1.08. The molecule has 1 unspecified atom stereocenters. The molecule has 1 spiro atoms. The van der Waals surface area contributed by atoms with Crippen molar-refractivity contribution in [3.63, 3.8) is 0 Å². The van der Waals surface area contributed by atoms with Gasteiger partial charge in [-0.05, 0) is 54.7 Å². The molecule has 0 aromatic heterocycles. The topological polar surface area (TPSA) is 78.9 Å². The van der Waals surface area contributed by atoms with E-state index in [1.54, 1.807) is 0 Å². The Morgan fingerprint density at radius 2 is 1.83 bits per heavy atom. The number of urea groups is 1. The molecule has 1 aliphatic heterocycles. The number of nitrogens with one attached hydrogen (secondary N) is 1. The average Bonchev–Trinajstić information content (AvgIpc) is 2.91. The zero-order valence-corrected chi connectivity index (χ0v) is 18.0. The number of benzene rings is 1. The molecule has 3 rings (SSSR count). The van der Waals surface area contributed by atoms with Gasteiger partial charge in [0.2, 0.25) is 0 Å². The number of rotatable bonds is 6. The third-order valence-electron chi connectivity index (χ3n) is 6.34. The van der Waals surface area contributed by atoms with Crippen LogP contribution < -0.4 is 10.1 Å². The van der Waals surface area contributed by atoms with Gasteiger partial charge in [0.05, 0.1) is 6.54 Å². The number of ether oxygens (including phenoxy) is 1. The van der Waals surface area contributed by atoms with E-state index < -0.39 is 17.7 Å². The number of aliphatic hydroxyl groups is 1. The van der Waals surface area contributed by atoms with Crippen LogP contribution in [0.1, 0.15) is 65.4 Å². The van der Waals surface area contributed by atoms with Crippen molar-refractivity contribution in [3.05, 3.63) is 29.8 Å². The number of hydrogen-bond acceptors (Lipinski definition) is 4. The first-order valence-corrected chi connectivity index (χ1v) is 10.7. The molecule has 0 bridgehead atoms. The Bertz CT molecular complexity index is 730. The van der Waals surface area contributed by atoms with Crippen LogP contribution in [0.4, 0.5) is 4.79 Å². The number of amides is 3. The van der Waals surface area contributed by atoms with Gasteiger partial charge in [0, 0.05) is 0 Å². The lowest BCUT2D eigenvalue weighted by molar-refractivity contribution is -0.133. The van der Waals surface area contributed by atoms with E-state index in [0.29, 0.717) is 24.5 Å². The standard InChI is InChI=1S/C23H34N2O4/c1-5-16-10-12-23(13-11-16)20(27)25(21(28)24-23)14-18(26)15-29-19-8-6-17(7-9-19)22(2,3)4/h6-9,16,18,26H,5,10-15H2,1-4H3,(H,24,28). The van der Waals surface area contributed by atoms with Crippen molar-refractivity contribution in [2.75, 3.05) is 13.2 Å². The van der Waals surface area contributed by atoms with Gasteiger partial charge in [0.1, 0.15) is 24.0 Å². The van der Waals surface area contributed by atoms with Crippen LogP contribution in [0.5, 0.6) is 5.75 Å². The lowest BCUT2D eigenvalue weighted by atomic mass is 9.75. The third kappa shape index (κ3) is 4.74. The van der Waals surface area contributed by atoms with Gasteiger partial charge in [-0.25, -0.2) is 4.79 Å². The summed E-state index contributed by atoms with van der Waals surface area (Å²) in [6.45, 7) is 8.57. The van der Waals surface area contributed by atoms with E-state index in [1.807, 2.05) is 24.3 Å². The Labute approximate surface area is 173 Å². The van der Waals surface area contributed by atoms with Gasteiger partial charge in [-0.15, -0.1) is 0 Å². The van der Waals surface area contributed by atoms with Gasteiger partial charge in [-0.2, -0.15) is 0 Å². The number of carbonyl (C=O) groups is 2. The predicted molar refractivity (Wildman–Crippen MR) is 112 cm³/mol. The largest absolute Gasteiger partial charge is 0.491 e. The summed E-state index contributed by atoms with van der Waals surface area (Å²) in [4.78, 5) is 26.5. The molecular formula is C23H34N2O4. The Morgan fingerprint density at radius 1 is 1.21 bits per heavy atom. The van der Waals surface area contributed by atoms with E-state index >= 15 is 0 Å². The summed E-state index contributed by atoms with van der Waals surface area (Å²) < 4.78 is 5.66. The van der Waals surface area contributed by atoms with Gasteiger partial charge in [0.25, 0.3) is 5.91 Å². The van der Waals surface area contributed by atoms with Gasteiger partial charge in [0.15, 0.2) is 0 Å². The van der Waals surface area contributed by atoms with Crippen LogP contribution >= 0.6 is 0 Å². The van der Waals surface area contributed by atoms with E-state index in [2.05, 4.69) is 33.0 Å². The molecule has 3 amide bonds. The molecule has 2 N–H and O–H groups in total. The molecule has 1 saturated carbocycles. The van der Waals surface area contributed by atoms with Crippen molar-refractivity contribution in [3.8, 4) is 5.75 Å². The number of β-amino-alcohol motifs (C(OH)–C–C–N with tert-alkyl or cyclic N) is 1. The average molecular weight is 403 g/mol. The summed E-state index contributed by atoms with van der Waals surface area (Å²) in [6, 6.07) is 7.37. The minimum Gasteiger partial charge on any atom is -0.491 e. The zero-order valence-electron chi connectivity index (χ0n) is 18.0. The lowest BCUT2D eigenvalue weighted by Crippen LogP contribution is -2.50. The van der Waals surface area contributed by atoms with Crippen molar-refractivity contribution in [1.82, 2.24) is 10.2 Å². The number of aliphatic hydroxyl groups excluding tert-OH is 1. The Kier molecular flexibility index (Phi) is 6.22. The molecule has 1 heterocycles. The maximum atomic E-state index is 12.9. The van der Waals surface area contributed by atoms with E-state index in [4.69, 9.17) is 4.74 Å². The van der Waals surface area contributed by atoms with Crippen molar-refractivity contribution in [1.29, 1.82) is 0 Å². The summed E-state index contributed by atoms with van der Waals surface area (Å²) in [5, 5.41) is 13.3.